The number of halogens is 1. The van der Waals surface area contributed by atoms with E-state index < -0.39 is 7.38 Å². The van der Waals surface area contributed by atoms with E-state index in [1.54, 1.807) is 0 Å². The van der Waals surface area contributed by atoms with E-state index >= 15 is 0 Å². The van der Waals surface area contributed by atoms with Gasteiger partial charge in [0.15, 0.2) is 7.38 Å². The summed E-state index contributed by atoms with van der Waals surface area (Å²) in [6, 6.07) is 13.5. The van der Waals surface area contributed by atoms with Crippen LogP contribution in [0.15, 0.2) is 30.3 Å². The molecule has 1 fully saturated rings. The maximum Gasteiger partial charge on any atom is 0.306 e. The van der Waals surface area contributed by atoms with Crippen molar-refractivity contribution >= 4 is 24.4 Å². The Morgan fingerprint density at radius 1 is 1.21 bits per heavy atom. The molecule has 104 valence electrons. The van der Waals surface area contributed by atoms with E-state index in [0.29, 0.717) is 13.0 Å². The second-order valence-corrected chi connectivity index (χ2v) is 11.6. The van der Waals surface area contributed by atoms with Crippen molar-refractivity contribution in [2.24, 2.45) is 0 Å². The largest absolute Gasteiger partial charge is 0.461 e. The number of unbranched alkanes of at least 4 members (excludes halogenated alkanes) is 1. The Hall–Kier alpha value is -0.803. The van der Waals surface area contributed by atoms with Gasteiger partial charge in [-0.2, -0.15) is 11.1 Å². The Bertz CT molecular complexity index is 404. The molecule has 4 heteroatoms. The quantitative estimate of drug-likeness (QED) is 0.321. The van der Waals surface area contributed by atoms with Gasteiger partial charge in [0.25, 0.3) is 0 Å². The smallest absolute Gasteiger partial charge is 0.306 e. The predicted octanol–water partition coefficient (Wildman–Crippen LogP) is 4.49. The Morgan fingerprint density at radius 2 is 1.95 bits per heavy atom. The first-order valence-corrected chi connectivity index (χ1v) is 10.7. The van der Waals surface area contributed by atoms with Crippen molar-refractivity contribution in [2.45, 2.75) is 50.4 Å². The average molecular weight is 297 g/mol. The molecule has 0 spiro atoms. The van der Waals surface area contributed by atoms with Crippen molar-refractivity contribution in [3.05, 3.63) is 35.9 Å². The molecule has 1 aromatic rings. The number of esters is 1. The summed E-state index contributed by atoms with van der Waals surface area (Å²) in [5, 5.41) is 0. The fraction of sp³-hybridized carbons (Fsp3) is 0.533. The van der Waals surface area contributed by atoms with Crippen LogP contribution in [0.1, 0.15) is 31.2 Å². The van der Waals surface area contributed by atoms with Crippen molar-refractivity contribution in [3.63, 3.8) is 0 Å². The normalized spacial score (nSPS) is 16.7. The van der Waals surface area contributed by atoms with Crippen LogP contribution < -0.4 is 0 Å². The number of hydrogen-bond donors (Lipinski definition) is 0. The minimum Gasteiger partial charge on any atom is -0.461 e. The van der Waals surface area contributed by atoms with Gasteiger partial charge in [0, 0.05) is 6.42 Å². The van der Waals surface area contributed by atoms with Gasteiger partial charge in [0.05, 0.1) is 0 Å². The molecule has 1 saturated heterocycles. The Morgan fingerprint density at radius 3 is 2.58 bits per heavy atom. The number of hydrogen-bond acceptors (Lipinski definition) is 2. The first-order valence-electron chi connectivity index (χ1n) is 7.06. The van der Waals surface area contributed by atoms with Gasteiger partial charge in [0.2, 0.25) is 0 Å². The Balaban J connectivity index is 1.55. The molecule has 1 aromatic carbocycles. The number of benzene rings is 1. The number of ether oxygens (including phenoxy) is 1. The van der Waals surface area contributed by atoms with E-state index in [1.165, 1.54) is 24.6 Å². The summed E-state index contributed by atoms with van der Waals surface area (Å²) < 4.78 is 5.24. The van der Waals surface area contributed by atoms with Crippen LogP contribution in [0.5, 0.6) is 0 Å². The van der Waals surface area contributed by atoms with E-state index in [2.05, 4.69) is 0 Å². The number of carbonyl (C=O) groups is 1. The van der Waals surface area contributed by atoms with Crippen LogP contribution in [0, 0.1) is 0 Å². The molecule has 1 heterocycles. The van der Waals surface area contributed by atoms with Gasteiger partial charge in [-0.05, 0) is 30.1 Å². The lowest BCUT2D eigenvalue weighted by Gasteiger charge is -2.32. The molecule has 0 aliphatic carbocycles. The molecule has 0 atom stereocenters. The lowest BCUT2D eigenvalue weighted by atomic mass is 10.2. The molecule has 1 aliphatic rings. The molecule has 0 bridgehead atoms. The standard InChI is InChI=1S/C15H21ClO2Si/c16-19(11-6-12-19)10-5-4-9-15(17)18-13-14-7-2-1-3-8-14/h1-3,7-8H,4-6,9-13H2. The van der Waals surface area contributed by atoms with Crippen LogP contribution in [-0.2, 0) is 16.1 Å². The summed E-state index contributed by atoms with van der Waals surface area (Å²) in [4.78, 5) is 11.6. The van der Waals surface area contributed by atoms with Crippen LogP contribution in [0.4, 0.5) is 0 Å². The first kappa shape index (κ1) is 14.6. The van der Waals surface area contributed by atoms with Crippen LogP contribution in [0.2, 0.25) is 18.1 Å². The van der Waals surface area contributed by atoms with E-state index in [1.807, 2.05) is 30.3 Å². The van der Waals surface area contributed by atoms with E-state index in [4.69, 9.17) is 15.8 Å². The zero-order valence-corrected chi connectivity index (χ0v) is 13.0. The molecule has 0 saturated carbocycles. The second-order valence-electron chi connectivity index (χ2n) is 5.36. The van der Waals surface area contributed by atoms with Gasteiger partial charge >= 0.3 is 5.97 Å². The van der Waals surface area contributed by atoms with Crippen molar-refractivity contribution in [1.29, 1.82) is 0 Å². The minimum absolute atomic E-state index is 0.0947. The monoisotopic (exact) mass is 296 g/mol. The summed E-state index contributed by atoms with van der Waals surface area (Å²) in [5.41, 5.74) is 1.04. The van der Waals surface area contributed by atoms with Crippen LogP contribution >= 0.6 is 11.1 Å². The molecule has 0 aromatic heterocycles. The highest BCUT2D eigenvalue weighted by Gasteiger charge is 2.36. The van der Waals surface area contributed by atoms with E-state index in [0.717, 1.165) is 18.4 Å². The zero-order valence-electron chi connectivity index (χ0n) is 11.2. The van der Waals surface area contributed by atoms with E-state index in [9.17, 15) is 4.79 Å². The van der Waals surface area contributed by atoms with Crippen molar-refractivity contribution in [3.8, 4) is 0 Å². The molecule has 19 heavy (non-hydrogen) atoms. The van der Waals surface area contributed by atoms with Crippen molar-refractivity contribution < 1.29 is 9.53 Å². The number of rotatable bonds is 7. The summed E-state index contributed by atoms with van der Waals surface area (Å²) in [6.45, 7) is 0.383. The van der Waals surface area contributed by atoms with Crippen LogP contribution in [0.3, 0.4) is 0 Å². The highest BCUT2D eigenvalue weighted by Crippen LogP contribution is 2.40. The lowest BCUT2D eigenvalue weighted by molar-refractivity contribution is -0.145. The van der Waals surface area contributed by atoms with Crippen LogP contribution in [-0.4, -0.2) is 13.4 Å². The third-order valence-corrected chi connectivity index (χ3v) is 9.20. The van der Waals surface area contributed by atoms with Gasteiger partial charge in [-0.15, -0.1) is 0 Å². The van der Waals surface area contributed by atoms with E-state index in [-0.39, 0.29) is 5.97 Å². The zero-order chi connectivity index (χ0) is 13.6. The molecule has 0 radical (unpaired) electrons. The summed E-state index contributed by atoms with van der Waals surface area (Å²) >= 11 is 6.49. The molecule has 0 unspecified atom stereocenters. The topological polar surface area (TPSA) is 26.3 Å². The van der Waals surface area contributed by atoms with Crippen molar-refractivity contribution in [1.82, 2.24) is 0 Å². The predicted molar refractivity (Wildman–Crippen MR) is 80.7 cm³/mol. The Kier molecular flexibility index (Phi) is 5.46. The molecule has 2 nitrogen and oxygen atoms in total. The van der Waals surface area contributed by atoms with Gasteiger partial charge in [-0.1, -0.05) is 43.2 Å². The Labute approximate surface area is 120 Å². The maximum absolute atomic E-state index is 11.6. The average Bonchev–Trinajstić information content (AvgIpc) is 2.40. The lowest BCUT2D eigenvalue weighted by Crippen LogP contribution is -2.34. The number of carbonyl (C=O) groups excluding carboxylic acids is 1. The highest BCUT2D eigenvalue weighted by atomic mass is 35.6. The van der Waals surface area contributed by atoms with Gasteiger partial charge in [0.1, 0.15) is 6.61 Å². The first-order chi connectivity index (χ1) is 9.18. The molecule has 0 N–H and O–H groups in total. The third kappa shape index (κ3) is 5.00. The summed E-state index contributed by atoms with van der Waals surface area (Å²) in [7, 11) is -1.32. The summed E-state index contributed by atoms with van der Waals surface area (Å²) in [6.07, 6.45) is 3.83. The molecular formula is C15H21ClO2Si. The molecule has 2 rings (SSSR count). The van der Waals surface area contributed by atoms with Gasteiger partial charge in [-0.25, -0.2) is 0 Å². The van der Waals surface area contributed by atoms with Crippen molar-refractivity contribution in [2.75, 3.05) is 0 Å². The fourth-order valence-electron chi connectivity index (χ4n) is 2.33. The SMILES string of the molecule is O=C(CCCC[Si]1(Cl)CCC1)OCc1ccccc1. The molecule has 0 amide bonds. The molecule has 1 aliphatic heterocycles. The maximum atomic E-state index is 11.6. The third-order valence-electron chi connectivity index (χ3n) is 3.75. The summed E-state index contributed by atoms with van der Waals surface area (Å²) in [5.74, 6) is -0.0947. The molecular weight excluding hydrogens is 276 g/mol. The van der Waals surface area contributed by atoms with Crippen LogP contribution in [0.25, 0.3) is 0 Å². The minimum atomic E-state index is -1.32. The van der Waals surface area contributed by atoms with Gasteiger partial charge < -0.3 is 4.74 Å². The fourth-order valence-corrected chi connectivity index (χ4v) is 6.04. The second kappa shape index (κ2) is 7.11. The highest BCUT2D eigenvalue weighted by molar-refractivity contribution is 7.21. The van der Waals surface area contributed by atoms with Gasteiger partial charge in [-0.3, -0.25) is 4.79 Å².